The number of esters is 1. The molecular weight excluding hydrogens is 204 g/mol. The molecule has 1 aromatic heterocycles. The van der Waals surface area contributed by atoms with Crippen LogP contribution in [-0.4, -0.2) is 23.0 Å². The lowest BCUT2D eigenvalue weighted by Crippen LogP contribution is -1.95. The van der Waals surface area contributed by atoms with Crippen molar-refractivity contribution in [2.75, 3.05) is 7.11 Å². The standard InChI is InChI=1S/C9H9ClN2O2/c1-6-11-7(5-8(10)12-6)3-4-9(13)14-2/h3-5H,1-2H3. The third kappa shape index (κ3) is 3.14. The summed E-state index contributed by atoms with van der Waals surface area (Å²) in [5, 5.41) is 0.349. The van der Waals surface area contributed by atoms with E-state index in [2.05, 4.69) is 14.7 Å². The number of rotatable bonds is 2. The molecule has 0 bridgehead atoms. The van der Waals surface area contributed by atoms with Gasteiger partial charge in [-0.15, -0.1) is 0 Å². The van der Waals surface area contributed by atoms with Crippen LogP contribution in [0.15, 0.2) is 12.1 Å². The SMILES string of the molecule is COC(=O)C=Cc1cc(Cl)nc(C)n1. The summed E-state index contributed by atoms with van der Waals surface area (Å²) in [7, 11) is 1.31. The average molecular weight is 213 g/mol. The Balaban J connectivity index is 2.86. The van der Waals surface area contributed by atoms with E-state index in [9.17, 15) is 4.79 Å². The highest BCUT2D eigenvalue weighted by molar-refractivity contribution is 6.29. The highest BCUT2D eigenvalue weighted by Gasteiger charge is 1.97. The summed E-state index contributed by atoms with van der Waals surface area (Å²) >= 11 is 5.70. The molecule has 0 aliphatic carbocycles. The number of methoxy groups -OCH3 is 1. The Bertz CT molecular complexity index is 357. The fraction of sp³-hybridized carbons (Fsp3) is 0.222. The van der Waals surface area contributed by atoms with Gasteiger partial charge in [0.15, 0.2) is 0 Å². The first-order chi connectivity index (χ1) is 6.61. The van der Waals surface area contributed by atoms with Crippen molar-refractivity contribution < 1.29 is 9.53 Å². The zero-order valence-corrected chi connectivity index (χ0v) is 8.58. The van der Waals surface area contributed by atoms with E-state index in [1.54, 1.807) is 13.0 Å². The van der Waals surface area contributed by atoms with Gasteiger partial charge in [0.25, 0.3) is 0 Å². The molecule has 0 radical (unpaired) electrons. The largest absolute Gasteiger partial charge is 0.466 e. The fourth-order valence-electron chi connectivity index (χ4n) is 0.860. The van der Waals surface area contributed by atoms with Crippen LogP contribution >= 0.6 is 11.6 Å². The van der Waals surface area contributed by atoms with Gasteiger partial charge in [-0.05, 0) is 13.0 Å². The molecule has 0 saturated heterocycles. The van der Waals surface area contributed by atoms with Crippen molar-refractivity contribution in [2.24, 2.45) is 0 Å². The average Bonchev–Trinajstić information content (AvgIpc) is 2.12. The lowest BCUT2D eigenvalue weighted by atomic mass is 10.3. The van der Waals surface area contributed by atoms with Gasteiger partial charge in [0, 0.05) is 12.1 Å². The Morgan fingerprint density at radius 1 is 1.57 bits per heavy atom. The zero-order chi connectivity index (χ0) is 10.6. The van der Waals surface area contributed by atoms with E-state index in [0.717, 1.165) is 0 Å². The summed E-state index contributed by atoms with van der Waals surface area (Å²) in [6.45, 7) is 1.72. The molecule has 74 valence electrons. The summed E-state index contributed by atoms with van der Waals surface area (Å²) < 4.78 is 4.43. The lowest BCUT2D eigenvalue weighted by Gasteiger charge is -1.96. The Hall–Kier alpha value is -1.42. The number of aromatic nitrogens is 2. The second-order valence-corrected chi connectivity index (χ2v) is 2.91. The lowest BCUT2D eigenvalue weighted by molar-refractivity contribution is -0.134. The molecule has 0 atom stereocenters. The van der Waals surface area contributed by atoms with Crippen molar-refractivity contribution in [3.05, 3.63) is 28.8 Å². The van der Waals surface area contributed by atoms with E-state index >= 15 is 0 Å². The van der Waals surface area contributed by atoms with Crippen molar-refractivity contribution in [3.8, 4) is 0 Å². The fourth-order valence-corrected chi connectivity index (χ4v) is 1.09. The second kappa shape index (κ2) is 4.72. The number of hydrogen-bond acceptors (Lipinski definition) is 4. The van der Waals surface area contributed by atoms with Crippen LogP contribution < -0.4 is 0 Å². The predicted octanol–water partition coefficient (Wildman–Crippen LogP) is 1.62. The van der Waals surface area contributed by atoms with Crippen LogP contribution in [0.5, 0.6) is 0 Å². The molecule has 0 N–H and O–H groups in total. The molecule has 0 aliphatic heterocycles. The number of nitrogens with zero attached hydrogens (tertiary/aromatic N) is 2. The Kier molecular flexibility index (Phi) is 3.59. The van der Waals surface area contributed by atoms with Gasteiger partial charge in [0.2, 0.25) is 0 Å². The molecule has 14 heavy (non-hydrogen) atoms. The molecule has 1 rings (SSSR count). The first-order valence-corrected chi connectivity index (χ1v) is 4.27. The van der Waals surface area contributed by atoms with Gasteiger partial charge in [-0.3, -0.25) is 0 Å². The van der Waals surface area contributed by atoms with Crippen molar-refractivity contribution in [2.45, 2.75) is 6.92 Å². The maximum absolute atomic E-state index is 10.8. The zero-order valence-electron chi connectivity index (χ0n) is 7.82. The summed E-state index contributed by atoms with van der Waals surface area (Å²) in [5.41, 5.74) is 0.577. The third-order valence-corrected chi connectivity index (χ3v) is 1.61. The van der Waals surface area contributed by atoms with Gasteiger partial charge in [-0.2, -0.15) is 0 Å². The van der Waals surface area contributed by atoms with E-state index in [-0.39, 0.29) is 0 Å². The summed E-state index contributed by atoms with van der Waals surface area (Å²) in [4.78, 5) is 18.7. The van der Waals surface area contributed by atoms with E-state index in [1.807, 2.05) is 0 Å². The molecule has 0 unspecified atom stereocenters. The number of carbonyl (C=O) groups excluding carboxylic acids is 1. The molecule has 4 nitrogen and oxygen atoms in total. The van der Waals surface area contributed by atoms with E-state index in [0.29, 0.717) is 16.7 Å². The molecular formula is C9H9ClN2O2. The van der Waals surface area contributed by atoms with E-state index in [4.69, 9.17) is 11.6 Å². The van der Waals surface area contributed by atoms with Crippen molar-refractivity contribution >= 4 is 23.6 Å². The van der Waals surface area contributed by atoms with Crippen molar-refractivity contribution in [3.63, 3.8) is 0 Å². The Morgan fingerprint density at radius 3 is 2.86 bits per heavy atom. The molecule has 0 saturated carbocycles. The van der Waals surface area contributed by atoms with E-state index < -0.39 is 5.97 Å². The number of ether oxygens (including phenoxy) is 1. The molecule has 1 heterocycles. The Morgan fingerprint density at radius 2 is 2.29 bits per heavy atom. The molecule has 0 spiro atoms. The summed E-state index contributed by atoms with van der Waals surface area (Å²) in [6.07, 6.45) is 2.80. The number of hydrogen-bond donors (Lipinski definition) is 0. The number of carbonyl (C=O) groups is 1. The highest BCUT2D eigenvalue weighted by Crippen LogP contribution is 2.08. The molecule has 0 aromatic carbocycles. The quantitative estimate of drug-likeness (QED) is 0.425. The van der Waals surface area contributed by atoms with Crippen LogP contribution in [-0.2, 0) is 9.53 Å². The van der Waals surface area contributed by atoms with Gasteiger partial charge < -0.3 is 4.74 Å². The molecule has 5 heteroatoms. The third-order valence-electron chi connectivity index (χ3n) is 1.42. The first kappa shape index (κ1) is 10.7. The number of halogens is 1. The van der Waals surface area contributed by atoms with Crippen LogP contribution in [0.25, 0.3) is 6.08 Å². The molecule has 0 aliphatic rings. The van der Waals surface area contributed by atoms with Crippen LogP contribution in [0.2, 0.25) is 5.15 Å². The smallest absolute Gasteiger partial charge is 0.330 e. The molecule has 1 aromatic rings. The topological polar surface area (TPSA) is 52.1 Å². The minimum Gasteiger partial charge on any atom is -0.466 e. The first-order valence-electron chi connectivity index (χ1n) is 3.89. The van der Waals surface area contributed by atoms with Crippen molar-refractivity contribution in [1.82, 2.24) is 9.97 Å². The molecule has 0 fully saturated rings. The van der Waals surface area contributed by atoms with Gasteiger partial charge in [-0.1, -0.05) is 11.6 Å². The predicted molar refractivity (Wildman–Crippen MR) is 52.8 cm³/mol. The van der Waals surface area contributed by atoms with E-state index in [1.165, 1.54) is 19.3 Å². The van der Waals surface area contributed by atoms with Crippen LogP contribution in [0.1, 0.15) is 11.5 Å². The van der Waals surface area contributed by atoms with Crippen LogP contribution in [0.4, 0.5) is 0 Å². The highest BCUT2D eigenvalue weighted by atomic mass is 35.5. The summed E-state index contributed by atoms with van der Waals surface area (Å²) in [5.74, 6) is 0.124. The maximum Gasteiger partial charge on any atom is 0.330 e. The van der Waals surface area contributed by atoms with Crippen LogP contribution in [0, 0.1) is 6.92 Å². The normalized spacial score (nSPS) is 10.5. The van der Waals surface area contributed by atoms with Crippen LogP contribution in [0.3, 0.4) is 0 Å². The second-order valence-electron chi connectivity index (χ2n) is 2.52. The van der Waals surface area contributed by atoms with Gasteiger partial charge in [-0.25, -0.2) is 14.8 Å². The minimum absolute atomic E-state index is 0.349. The maximum atomic E-state index is 10.8. The summed E-state index contributed by atoms with van der Waals surface area (Å²) in [6, 6.07) is 1.56. The van der Waals surface area contributed by atoms with Gasteiger partial charge in [0.1, 0.15) is 11.0 Å². The van der Waals surface area contributed by atoms with Gasteiger partial charge in [0.05, 0.1) is 12.8 Å². The monoisotopic (exact) mass is 212 g/mol. The van der Waals surface area contributed by atoms with Crippen molar-refractivity contribution in [1.29, 1.82) is 0 Å². The number of aryl methyl sites for hydroxylation is 1. The molecule has 0 amide bonds. The van der Waals surface area contributed by atoms with Gasteiger partial charge >= 0.3 is 5.97 Å². The Labute approximate surface area is 86.6 Å². The minimum atomic E-state index is -0.433.